The minimum absolute atomic E-state index is 0.120. The van der Waals surface area contributed by atoms with Crippen molar-refractivity contribution in [1.29, 1.82) is 0 Å². The maximum absolute atomic E-state index is 15.1. The van der Waals surface area contributed by atoms with Crippen LogP contribution in [0.2, 0.25) is 0 Å². The van der Waals surface area contributed by atoms with Gasteiger partial charge in [0.05, 0.1) is 40.3 Å². The van der Waals surface area contributed by atoms with E-state index in [4.69, 9.17) is 9.15 Å². The van der Waals surface area contributed by atoms with Gasteiger partial charge in [-0.1, -0.05) is 80.6 Å². The van der Waals surface area contributed by atoms with Crippen molar-refractivity contribution in [2.75, 3.05) is 26.7 Å². The Balaban J connectivity index is 1.15. The molecule has 4 amide bonds. The number of hydrogen-bond acceptors (Lipinski definition) is 9. The third-order valence-electron chi connectivity index (χ3n) is 13.5. The maximum Gasteiger partial charge on any atom is 0.264 e. The number of amides is 4. The highest BCUT2D eigenvalue weighted by molar-refractivity contribution is 7.12. The summed E-state index contributed by atoms with van der Waals surface area (Å²) in [6.45, 7) is 13.9. The number of thiophene rings is 1. The van der Waals surface area contributed by atoms with Crippen LogP contribution in [-0.4, -0.2) is 87.1 Å². The van der Waals surface area contributed by atoms with Crippen LogP contribution in [0, 0.1) is 5.92 Å². The maximum atomic E-state index is 15.1. The molecule has 0 bridgehead atoms. The minimum atomic E-state index is -0.908. The van der Waals surface area contributed by atoms with Gasteiger partial charge < -0.3 is 39.4 Å². The van der Waals surface area contributed by atoms with Crippen LogP contribution in [0.5, 0.6) is 5.75 Å². The Morgan fingerprint density at radius 2 is 1.34 bits per heavy atom. The molecule has 2 N–H and O–H groups in total. The van der Waals surface area contributed by atoms with Gasteiger partial charge in [0.1, 0.15) is 29.4 Å². The van der Waals surface area contributed by atoms with Crippen LogP contribution in [0.3, 0.4) is 0 Å². The van der Waals surface area contributed by atoms with E-state index in [-0.39, 0.29) is 42.6 Å². The van der Waals surface area contributed by atoms with Crippen molar-refractivity contribution < 1.29 is 28.3 Å². The molecule has 4 aliphatic rings. The SMILES string of the molecule is COc1ccc(C(=O)N2CCNC3=C(C(=O)N(Cc4ccccc4)C3(C)C)C2c2ccc(C3CN(C(=O)c4cccs4)C(C(C)C)C4=C(N3)C(C)(C)N(Cc3ccccc3)C4=O)o2)cc1. The van der Waals surface area contributed by atoms with Crippen molar-refractivity contribution in [3.8, 4) is 5.75 Å². The number of furan rings is 1. The Labute approximate surface area is 384 Å². The third-order valence-corrected chi connectivity index (χ3v) is 14.3. The number of methoxy groups -OCH3 is 1. The van der Waals surface area contributed by atoms with E-state index in [0.29, 0.717) is 58.5 Å². The van der Waals surface area contributed by atoms with Crippen molar-refractivity contribution in [3.05, 3.63) is 170 Å². The smallest absolute Gasteiger partial charge is 0.264 e. The minimum Gasteiger partial charge on any atom is -0.497 e. The predicted molar refractivity (Wildman–Crippen MR) is 250 cm³/mol. The van der Waals surface area contributed by atoms with Crippen LogP contribution in [0.25, 0.3) is 0 Å². The van der Waals surface area contributed by atoms with Gasteiger partial charge >= 0.3 is 0 Å². The molecule has 65 heavy (non-hydrogen) atoms. The second kappa shape index (κ2) is 17.1. The number of ether oxygens (including phenoxy) is 1. The normalized spacial score (nSPS) is 21.5. The third kappa shape index (κ3) is 7.69. The fourth-order valence-electron chi connectivity index (χ4n) is 10.1. The summed E-state index contributed by atoms with van der Waals surface area (Å²) in [6.07, 6.45) is 0. The first-order valence-corrected chi connectivity index (χ1v) is 23.2. The lowest BCUT2D eigenvalue weighted by molar-refractivity contribution is -0.131. The first-order valence-electron chi connectivity index (χ1n) is 22.3. The Bertz CT molecular complexity index is 2670. The summed E-state index contributed by atoms with van der Waals surface area (Å²) in [5, 5.41) is 9.26. The summed E-state index contributed by atoms with van der Waals surface area (Å²) in [4.78, 5) is 67.4. The molecular weight excluding hydrogens is 837 g/mol. The van der Waals surface area contributed by atoms with Gasteiger partial charge in [-0.3, -0.25) is 19.2 Å². The van der Waals surface area contributed by atoms with Gasteiger partial charge in [0, 0.05) is 49.7 Å². The number of nitrogens with zero attached hydrogens (tertiary/aromatic N) is 4. The number of carbonyl (C=O) groups is 4. The van der Waals surface area contributed by atoms with Gasteiger partial charge in [-0.15, -0.1) is 11.3 Å². The zero-order chi connectivity index (χ0) is 45.8. The monoisotopic (exact) mass is 892 g/mol. The highest BCUT2D eigenvalue weighted by Crippen LogP contribution is 2.47. The Morgan fingerprint density at radius 1 is 0.738 bits per heavy atom. The molecule has 0 aliphatic carbocycles. The Hall–Kier alpha value is -6.60. The van der Waals surface area contributed by atoms with Crippen LogP contribution in [-0.2, 0) is 22.7 Å². The fraction of sp³-hybridized carbons (Fsp3) is 0.346. The Morgan fingerprint density at radius 3 is 1.92 bits per heavy atom. The summed E-state index contributed by atoms with van der Waals surface area (Å²) in [7, 11) is 1.58. The van der Waals surface area contributed by atoms with Gasteiger partial charge in [0.2, 0.25) is 0 Å². The van der Waals surface area contributed by atoms with Crippen LogP contribution in [0.4, 0.5) is 0 Å². The molecular formula is C52H56N6O6S. The second-order valence-electron chi connectivity index (χ2n) is 18.6. The molecule has 336 valence electrons. The molecule has 0 saturated carbocycles. The lowest BCUT2D eigenvalue weighted by atomic mass is 9.90. The summed E-state index contributed by atoms with van der Waals surface area (Å²) in [5.41, 5.74) is 3.38. The van der Waals surface area contributed by atoms with Crippen LogP contribution in [0.1, 0.15) is 96.3 Å². The van der Waals surface area contributed by atoms with E-state index < -0.39 is 29.2 Å². The second-order valence-corrected chi connectivity index (χ2v) is 19.5. The van der Waals surface area contributed by atoms with Crippen LogP contribution < -0.4 is 15.4 Å². The molecule has 12 nitrogen and oxygen atoms in total. The molecule has 3 atom stereocenters. The van der Waals surface area contributed by atoms with Gasteiger partial charge in [0.25, 0.3) is 23.6 Å². The quantitative estimate of drug-likeness (QED) is 0.144. The Kier molecular flexibility index (Phi) is 11.5. The number of nitrogens with one attached hydrogen (secondary N) is 2. The predicted octanol–water partition coefficient (Wildman–Crippen LogP) is 8.10. The summed E-state index contributed by atoms with van der Waals surface area (Å²) in [6, 6.07) is 32.1. The summed E-state index contributed by atoms with van der Waals surface area (Å²) >= 11 is 1.37. The average Bonchev–Trinajstić information content (AvgIpc) is 4.02. The van der Waals surface area contributed by atoms with Gasteiger partial charge in [-0.2, -0.15) is 0 Å². The van der Waals surface area contributed by atoms with Gasteiger partial charge in [0.15, 0.2) is 0 Å². The van der Waals surface area contributed by atoms with Crippen molar-refractivity contribution >= 4 is 35.0 Å². The highest BCUT2D eigenvalue weighted by atomic mass is 32.1. The highest BCUT2D eigenvalue weighted by Gasteiger charge is 2.54. The van der Waals surface area contributed by atoms with Crippen molar-refractivity contribution in [2.45, 2.75) is 83.8 Å². The molecule has 3 aromatic carbocycles. The molecule has 9 rings (SSSR count). The van der Waals surface area contributed by atoms with E-state index in [9.17, 15) is 14.4 Å². The molecule has 13 heteroatoms. The lowest BCUT2D eigenvalue weighted by Gasteiger charge is -2.38. The van der Waals surface area contributed by atoms with Crippen molar-refractivity contribution in [1.82, 2.24) is 30.2 Å². The number of hydrogen-bond donors (Lipinski definition) is 2. The van der Waals surface area contributed by atoms with E-state index in [1.807, 2.05) is 133 Å². The van der Waals surface area contributed by atoms with Gasteiger partial charge in [-0.05, 0) is 92.6 Å². The molecule has 5 aromatic rings. The zero-order valence-electron chi connectivity index (χ0n) is 38.0. The lowest BCUT2D eigenvalue weighted by Crippen LogP contribution is -2.50. The molecule has 0 radical (unpaired) electrons. The van der Waals surface area contributed by atoms with E-state index in [1.54, 1.807) is 36.3 Å². The van der Waals surface area contributed by atoms with Crippen molar-refractivity contribution in [3.63, 3.8) is 0 Å². The molecule has 4 aliphatic heterocycles. The van der Waals surface area contributed by atoms with E-state index in [0.717, 1.165) is 22.5 Å². The molecule has 0 fully saturated rings. The first kappa shape index (κ1) is 43.6. The average molecular weight is 893 g/mol. The molecule has 2 aromatic heterocycles. The van der Waals surface area contributed by atoms with Gasteiger partial charge in [-0.25, -0.2) is 0 Å². The molecule has 0 spiro atoms. The number of rotatable bonds is 10. The largest absolute Gasteiger partial charge is 0.497 e. The molecule has 3 unspecified atom stereocenters. The molecule has 6 heterocycles. The summed E-state index contributed by atoms with van der Waals surface area (Å²) in [5.74, 6) is 0.666. The molecule has 0 saturated heterocycles. The number of carbonyl (C=O) groups excluding carboxylic acids is 4. The fourth-order valence-corrected chi connectivity index (χ4v) is 10.8. The van der Waals surface area contributed by atoms with E-state index >= 15 is 4.79 Å². The van der Waals surface area contributed by atoms with E-state index in [1.165, 1.54) is 11.3 Å². The first-order chi connectivity index (χ1) is 31.2. The zero-order valence-corrected chi connectivity index (χ0v) is 38.8. The van der Waals surface area contributed by atoms with Crippen molar-refractivity contribution in [2.24, 2.45) is 5.92 Å². The number of benzene rings is 3. The van der Waals surface area contributed by atoms with E-state index in [2.05, 4.69) is 24.5 Å². The van der Waals surface area contributed by atoms with Crippen LogP contribution >= 0.6 is 11.3 Å². The topological polar surface area (TPSA) is 128 Å². The van der Waals surface area contributed by atoms with Crippen LogP contribution in [0.15, 0.2) is 142 Å². The standard InChI is InChI=1S/C52H56N6O6S/c1-32(2)43-41-46(52(5,6)58(49(41)61)30-34-17-12-9-13-18-34)54-37(31-56(43)48(60)40-19-14-28-65-40)38-24-25-39(64-38)44-42-45(51(3,4)57(50(42)62)29-33-15-10-8-11-16-33)53-26-27-55(44)47(59)35-20-22-36(63-7)23-21-35/h8-25,28,32,37,43-44,53-54H,26-27,29-31H2,1-7H3. The summed E-state index contributed by atoms with van der Waals surface area (Å²) < 4.78 is 12.4.